The van der Waals surface area contributed by atoms with Crippen molar-refractivity contribution in [3.05, 3.63) is 0 Å². The van der Waals surface area contributed by atoms with Gasteiger partial charge in [-0.1, -0.05) is 19.3 Å². The van der Waals surface area contributed by atoms with Crippen molar-refractivity contribution < 1.29 is 9.47 Å². The molecular formula is C14H27NO2. The summed E-state index contributed by atoms with van der Waals surface area (Å²) in [4.78, 5) is 0. The topological polar surface area (TPSA) is 30.5 Å². The molecule has 17 heavy (non-hydrogen) atoms. The van der Waals surface area contributed by atoms with Gasteiger partial charge >= 0.3 is 0 Å². The lowest BCUT2D eigenvalue weighted by Gasteiger charge is -2.22. The third kappa shape index (κ3) is 4.57. The maximum Gasteiger partial charge on any atom is 0.0813 e. The average molecular weight is 241 g/mol. The lowest BCUT2D eigenvalue weighted by Crippen LogP contribution is -2.26. The highest BCUT2D eigenvalue weighted by Gasteiger charge is 2.25. The third-order valence-electron chi connectivity index (χ3n) is 4.01. The van der Waals surface area contributed by atoms with Crippen LogP contribution in [0.25, 0.3) is 0 Å². The van der Waals surface area contributed by atoms with E-state index in [1.807, 2.05) is 7.05 Å². The summed E-state index contributed by atoms with van der Waals surface area (Å²) < 4.78 is 11.7. The van der Waals surface area contributed by atoms with E-state index in [4.69, 9.17) is 9.47 Å². The number of ether oxygens (including phenoxy) is 2. The van der Waals surface area contributed by atoms with Gasteiger partial charge in [0.1, 0.15) is 0 Å². The highest BCUT2D eigenvalue weighted by Crippen LogP contribution is 2.24. The molecule has 1 heterocycles. The van der Waals surface area contributed by atoms with Crippen molar-refractivity contribution >= 4 is 0 Å². The van der Waals surface area contributed by atoms with Crippen LogP contribution in [0, 0.1) is 5.92 Å². The number of likely N-dealkylation sites (N-methyl/N-ethyl adjacent to an activating group) is 1. The molecule has 1 N–H and O–H groups in total. The van der Waals surface area contributed by atoms with Crippen molar-refractivity contribution in [2.45, 2.75) is 57.2 Å². The molecule has 3 nitrogen and oxygen atoms in total. The Labute approximate surface area is 105 Å². The Morgan fingerprint density at radius 3 is 2.53 bits per heavy atom. The van der Waals surface area contributed by atoms with E-state index in [2.05, 4.69) is 5.32 Å². The van der Waals surface area contributed by atoms with Crippen LogP contribution in [-0.4, -0.2) is 39.0 Å². The Hall–Kier alpha value is -0.120. The Bertz CT molecular complexity index is 204. The molecule has 2 rings (SSSR count). The van der Waals surface area contributed by atoms with Crippen LogP contribution >= 0.6 is 0 Å². The van der Waals surface area contributed by atoms with Gasteiger partial charge in [-0.25, -0.2) is 0 Å². The quantitative estimate of drug-likeness (QED) is 0.774. The number of nitrogens with one attached hydrogen (secondary N) is 1. The van der Waals surface area contributed by atoms with Crippen LogP contribution in [0.3, 0.4) is 0 Å². The molecule has 2 aliphatic rings. The summed E-state index contributed by atoms with van der Waals surface area (Å²) in [5.41, 5.74) is 0. The van der Waals surface area contributed by atoms with Crippen molar-refractivity contribution in [3.8, 4) is 0 Å². The molecule has 0 spiro atoms. The van der Waals surface area contributed by atoms with Gasteiger partial charge in [0, 0.05) is 13.2 Å². The fourth-order valence-electron chi connectivity index (χ4n) is 3.00. The van der Waals surface area contributed by atoms with E-state index in [1.165, 1.54) is 38.5 Å². The van der Waals surface area contributed by atoms with E-state index in [9.17, 15) is 0 Å². The summed E-state index contributed by atoms with van der Waals surface area (Å²) >= 11 is 0. The van der Waals surface area contributed by atoms with Crippen molar-refractivity contribution in [2.75, 3.05) is 26.8 Å². The minimum absolute atomic E-state index is 0.344. The van der Waals surface area contributed by atoms with Gasteiger partial charge in [0.05, 0.1) is 18.8 Å². The van der Waals surface area contributed by atoms with Crippen molar-refractivity contribution in [3.63, 3.8) is 0 Å². The normalized spacial score (nSPS) is 30.9. The maximum absolute atomic E-state index is 5.90. The number of hydrogen-bond donors (Lipinski definition) is 1. The Morgan fingerprint density at radius 1 is 1.00 bits per heavy atom. The Kier molecular flexibility index (Phi) is 5.75. The predicted octanol–water partition coefficient (Wildman–Crippen LogP) is 2.35. The summed E-state index contributed by atoms with van der Waals surface area (Å²) in [5.74, 6) is 0.818. The van der Waals surface area contributed by atoms with Crippen LogP contribution in [-0.2, 0) is 9.47 Å². The second kappa shape index (κ2) is 7.34. The van der Waals surface area contributed by atoms with Crippen LogP contribution in [0.15, 0.2) is 0 Å². The molecule has 1 aliphatic heterocycles. The first-order chi connectivity index (χ1) is 8.38. The molecule has 0 amide bonds. The van der Waals surface area contributed by atoms with Crippen molar-refractivity contribution in [1.29, 1.82) is 0 Å². The van der Waals surface area contributed by atoms with Gasteiger partial charge in [-0.2, -0.15) is 0 Å². The summed E-state index contributed by atoms with van der Waals surface area (Å²) in [7, 11) is 1.98. The molecule has 1 aliphatic carbocycles. The second-order valence-corrected chi connectivity index (χ2v) is 5.56. The molecule has 0 bridgehead atoms. The standard InChI is InChI=1S/C14H27NO2/c1-15-9-13-7-8-14(17-13)11-16-10-12-5-3-2-4-6-12/h12-15H,2-11H2,1H3. The van der Waals surface area contributed by atoms with Crippen LogP contribution in [0.4, 0.5) is 0 Å². The molecule has 0 radical (unpaired) electrons. The van der Waals surface area contributed by atoms with Gasteiger partial charge < -0.3 is 14.8 Å². The van der Waals surface area contributed by atoms with E-state index in [0.717, 1.165) is 32.1 Å². The molecule has 2 atom stereocenters. The molecule has 0 aromatic carbocycles. The molecule has 0 aromatic rings. The summed E-state index contributed by atoms with van der Waals surface area (Å²) in [6, 6.07) is 0. The maximum atomic E-state index is 5.90. The van der Waals surface area contributed by atoms with Crippen LogP contribution in [0.5, 0.6) is 0 Å². The van der Waals surface area contributed by atoms with Crippen LogP contribution in [0.1, 0.15) is 44.9 Å². The van der Waals surface area contributed by atoms with Crippen molar-refractivity contribution in [1.82, 2.24) is 5.32 Å². The number of hydrogen-bond acceptors (Lipinski definition) is 3. The molecule has 2 fully saturated rings. The minimum Gasteiger partial charge on any atom is -0.378 e. The fraction of sp³-hybridized carbons (Fsp3) is 1.00. The SMILES string of the molecule is CNCC1CCC(COCC2CCCCC2)O1. The zero-order valence-electron chi connectivity index (χ0n) is 11.1. The zero-order valence-corrected chi connectivity index (χ0v) is 11.1. The molecule has 2 unspecified atom stereocenters. The highest BCUT2D eigenvalue weighted by molar-refractivity contribution is 4.75. The second-order valence-electron chi connectivity index (χ2n) is 5.56. The van der Waals surface area contributed by atoms with E-state index in [0.29, 0.717) is 12.2 Å². The zero-order chi connectivity index (χ0) is 11.9. The van der Waals surface area contributed by atoms with Crippen molar-refractivity contribution in [2.24, 2.45) is 5.92 Å². The summed E-state index contributed by atoms with van der Waals surface area (Å²) in [5, 5.41) is 3.17. The van der Waals surface area contributed by atoms with E-state index >= 15 is 0 Å². The summed E-state index contributed by atoms with van der Waals surface area (Å²) in [6.45, 7) is 2.73. The lowest BCUT2D eigenvalue weighted by molar-refractivity contribution is -0.0242. The van der Waals surface area contributed by atoms with Gasteiger partial charge in [0.15, 0.2) is 0 Å². The fourth-order valence-corrected chi connectivity index (χ4v) is 3.00. The van der Waals surface area contributed by atoms with Gasteiger partial charge in [-0.15, -0.1) is 0 Å². The smallest absolute Gasteiger partial charge is 0.0813 e. The highest BCUT2D eigenvalue weighted by atomic mass is 16.5. The summed E-state index contributed by atoms with van der Waals surface area (Å²) in [6.07, 6.45) is 10.1. The molecule has 100 valence electrons. The Balaban J connectivity index is 1.53. The minimum atomic E-state index is 0.344. The van der Waals surface area contributed by atoms with Gasteiger partial charge in [-0.3, -0.25) is 0 Å². The molecule has 3 heteroatoms. The first kappa shape index (κ1) is 13.3. The van der Waals surface area contributed by atoms with Gasteiger partial charge in [-0.05, 0) is 38.6 Å². The third-order valence-corrected chi connectivity index (χ3v) is 4.01. The van der Waals surface area contributed by atoms with E-state index < -0.39 is 0 Å². The van der Waals surface area contributed by atoms with E-state index in [1.54, 1.807) is 0 Å². The van der Waals surface area contributed by atoms with Crippen LogP contribution in [0.2, 0.25) is 0 Å². The van der Waals surface area contributed by atoms with Crippen LogP contribution < -0.4 is 5.32 Å². The van der Waals surface area contributed by atoms with Gasteiger partial charge in [0.2, 0.25) is 0 Å². The lowest BCUT2D eigenvalue weighted by atomic mass is 9.90. The molecule has 1 saturated heterocycles. The molecule has 0 aromatic heterocycles. The number of rotatable bonds is 6. The molecule has 1 saturated carbocycles. The first-order valence-corrected chi connectivity index (χ1v) is 7.26. The average Bonchev–Trinajstić information content (AvgIpc) is 2.79. The monoisotopic (exact) mass is 241 g/mol. The predicted molar refractivity (Wildman–Crippen MR) is 69.2 cm³/mol. The molecular weight excluding hydrogens is 214 g/mol. The van der Waals surface area contributed by atoms with E-state index in [-0.39, 0.29) is 0 Å². The largest absolute Gasteiger partial charge is 0.378 e. The van der Waals surface area contributed by atoms with Gasteiger partial charge in [0.25, 0.3) is 0 Å². The first-order valence-electron chi connectivity index (χ1n) is 7.26. The Morgan fingerprint density at radius 2 is 1.76 bits per heavy atom.